The molecule has 4 fully saturated rings. The van der Waals surface area contributed by atoms with Crippen LogP contribution in [0, 0.1) is 5.92 Å². The lowest BCUT2D eigenvalue weighted by molar-refractivity contribution is -0.141. The number of furan rings is 1. The first-order chi connectivity index (χ1) is 29.7. The maximum atomic E-state index is 14.7. The van der Waals surface area contributed by atoms with Crippen LogP contribution in [0.5, 0.6) is 5.88 Å². The van der Waals surface area contributed by atoms with Gasteiger partial charge in [0.25, 0.3) is 11.8 Å². The first-order valence-electron chi connectivity index (χ1n) is 21.4. The van der Waals surface area contributed by atoms with Crippen LogP contribution in [0.4, 0.5) is 18.0 Å². The molecule has 3 N–H and O–H groups in total. The minimum Gasteiger partial charge on any atom is -0.470 e. The fourth-order valence-corrected chi connectivity index (χ4v) is 9.86. The fraction of sp³-hybridized carbons (Fsp3) is 0.545. The van der Waals surface area contributed by atoms with E-state index in [1.165, 1.54) is 17.0 Å². The standard InChI is InChI=1S/C44H51F3N6O9S/c1-41(2,3)62-40(57)48-30-14-9-7-5-6-8-12-27-23-43(27,39(56)52-63(58,59)42(4)20-21-42)51-36(54)31-22-28(24-53(31)38(30)55)60-37-34-33(29-13-10-11-15-32(29)61-34)49-35(50-37)25-16-18-26(19-17-25)44(45,46)47/h10-11,13,15-19,27-28,30-31H,5-9,12,14,20-24H2,1-4H3,(H,48,57)(H,51,54)(H,52,56)/t27-,28-,30+,31+,43-/m1/s1. The molecule has 4 aromatic rings. The Balaban J connectivity index is 1.15. The van der Waals surface area contributed by atoms with Crippen molar-refractivity contribution in [2.24, 2.45) is 5.92 Å². The Labute approximate surface area is 362 Å². The van der Waals surface area contributed by atoms with Gasteiger partial charge in [0.15, 0.2) is 5.82 Å². The van der Waals surface area contributed by atoms with Crippen LogP contribution in [0.3, 0.4) is 0 Å². The topological polar surface area (TPSA) is 199 Å². The molecule has 63 heavy (non-hydrogen) atoms. The average Bonchev–Trinajstić information content (AvgIpc) is 4.03. The summed E-state index contributed by atoms with van der Waals surface area (Å²) in [5.74, 6) is -2.54. The van der Waals surface area contributed by atoms with E-state index in [0.29, 0.717) is 42.2 Å². The Morgan fingerprint density at radius 1 is 0.952 bits per heavy atom. The van der Waals surface area contributed by atoms with Gasteiger partial charge in [-0.05, 0) is 90.0 Å². The fourth-order valence-electron chi connectivity index (χ4n) is 8.54. The number of carbonyl (C=O) groups is 4. The van der Waals surface area contributed by atoms with Crippen molar-refractivity contribution >= 4 is 55.9 Å². The van der Waals surface area contributed by atoms with Crippen molar-refractivity contribution in [3.63, 3.8) is 0 Å². The molecule has 2 aromatic heterocycles. The number of nitrogens with zero attached hydrogens (tertiary/aromatic N) is 3. The lowest BCUT2D eigenvalue weighted by Crippen LogP contribution is -2.58. The Kier molecular flexibility index (Phi) is 11.4. The number of halogens is 3. The summed E-state index contributed by atoms with van der Waals surface area (Å²) in [5.41, 5.74) is -2.15. The zero-order valence-corrected chi connectivity index (χ0v) is 36.3. The van der Waals surface area contributed by atoms with Crippen molar-refractivity contribution in [1.82, 2.24) is 30.2 Å². The third-order valence-electron chi connectivity index (χ3n) is 12.5. The van der Waals surface area contributed by atoms with Crippen molar-refractivity contribution in [2.45, 2.75) is 139 Å². The van der Waals surface area contributed by atoms with Crippen molar-refractivity contribution in [3.8, 4) is 17.3 Å². The number of fused-ring (bicyclic) bond motifs is 5. The number of nitrogens with one attached hydrogen (secondary N) is 3. The lowest BCUT2D eigenvalue weighted by atomic mass is 10.0. The van der Waals surface area contributed by atoms with Gasteiger partial charge in [-0.15, -0.1) is 0 Å². The third-order valence-corrected chi connectivity index (χ3v) is 14.7. The van der Waals surface area contributed by atoms with Gasteiger partial charge in [0.05, 0.1) is 16.9 Å². The highest BCUT2D eigenvalue weighted by Crippen LogP contribution is 2.49. The number of para-hydroxylation sites is 1. The number of alkyl halides is 3. The van der Waals surface area contributed by atoms with Crippen LogP contribution in [0.25, 0.3) is 33.5 Å². The summed E-state index contributed by atoms with van der Waals surface area (Å²) >= 11 is 0. The van der Waals surface area contributed by atoms with E-state index >= 15 is 0 Å². The van der Waals surface area contributed by atoms with Crippen LogP contribution in [-0.4, -0.2) is 87.7 Å². The molecular weight excluding hydrogens is 846 g/mol. The van der Waals surface area contributed by atoms with Crippen LogP contribution in [0.15, 0.2) is 52.9 Å². The Morgan fingerprint density at radius 3 is 2.32 bits per heavy atom. The summed E-state index contributed by atoms with van der Waals surface area (Å²) in [4.78, 5) is 67.1. The highest BCUT2D eigenvalue weighted by molar-refractivity contribution is 7.91. The molecule has 0 bridgehead atoms. The molecule has 4 heterocycles. The van der Waals surface area contributed by atoms with Crippen LogP contribution < -0.4 is 20.1 Å². The molecule has 0 radical (unpaired) electrons. The van der Waals surface area contributed by atoms with Gasteiger partial charge in [-0.3, -0.25) is 19.1 Å². The molecule has 5 atom stereocenters. The van der Waals surface area contributed by atoms with Crippen molar-refractivity contribution in [1.29, 1.82) is 0 Å². The smallest absolute Gasteiger partial charge is 0.416 e. The Morgan fingerprint density at radius 2 is 1.63 bits per heavy atom. The predicted octanol–water partition coefficient (Wildman–Crippen LogP) is 6.92. The van der Waals surface area contributed by atoms with E-state index in [9.17, 15) is 40.8 Å². The number of hydrogen-bond acceptors (Lipinski definition) is 11. The molecule has 0 spiro atoms. The maximum absolute atomic E-state index is 14.7. The zero-order chi connectivity index (χ0) is 45.1. The molecule has 4 aliphatic rings. The highest BCUT2D eigenvalue weighted by Gasteiger charge is 2.63. The zero-order valence-electron chi connectivity index (χ0n) is 35.5. The number of rotatable bonds is 7. The first-order valence-corrected chi connectivity index (χ1v) is 22.9. The largest absolute Gasteiger partial charge is 0.470 e. The normalized spacial score (nSPS) is 25.5. The molecule has 2 saturated carbocycles. The Hall–Kier alpha value is -5.46. The number of carbonyl (C=O) groups excluding carboxylic acids is 4. The number of ether oxygens (including phenoxy) is 2. The SMILES string of the molecule is CC(C)(C)OC(=O)N[C@H]1CCCCCCC[C@@H]2C[C@@]2(C(=O)NS(=O)(=O)C2(C)CC2)NC(=O)[C@@H]2C[C@@H](Oc3nc(-c4ccc(C(F)(F)F)cc4)nc4c3oc3ccccc34)CN2C1=O. The number of amides is 4. The summed E-state index contributed by atoms with van der Waals surface area (Å²) in [6.45, 7) is 6.44. The quantitative estimate of drug-likeness (QED) is 0.174. The van der Waals surface area contributed by atoms with Gasteiger partial charge < -0.3 is 29.4 Å². The van der Waals surface area contributed by atoms with E-state index < -0.39 is 79.7 Å². The van der Waals surface area contributed by atoms with Gasteiger partial charge >= 0.3 is 12.3 Å². The molecule has 4 amide bonds. The van der Waals surface area contributed by atoms with Gasteiger partial charge in [-0.25, -0.2) is 18.2 Å². The van der Waals surface area contributed by atoms with E-state index in [1.807, 2.05) is 0 Å². The minimum absolute atomic E-state index is 0.0313. The van der Waals surface area contributed by atoms with E-state index in [-0.39, 0.29) is 54.6 Å². The van der Waals surface area contributed by atoms with E-state index in [1.54, 1.807) is 52.0 Å². The van der Waals surface area contributed by atoms with E-state index in [2.05, 4.69) is 25.3 Å². The molecule has 8 rings (SSSR count). The second kappa shape index (κ2) is 16.3. The first kappa shape index (κ1) is 44.2. The Bertz CT molecular complexity index is 2560. The monoisotopic (exact) mass is 896 g/mol. The van der Waals surface area contributed by atoms with Gasteiger partial charge in [-0.1, -0.05) is 56.4 Å². The predicted molar refractivity (Wildman–Crippen MR) is 223 cm³/mol. The van der Waals surface area contributed by atoms with Crippen LogP contribution in [-0.2, 0) is 35.3 Å². The van der Waals surface area contributed by atoms with E-state index in [4.69, 9.17) is 13.9 Å². The van der Waals surface area contributed by atoms with Crippen LogP contribution in [0.1, 0.15) is 104 Å². The van der Waals surface area contributed by atoms with Crippen LogP contribution >= 0.6 is 0 Å². The molecule has 2 aromatic carbocycles. The van der Waals surface area contributed by atoms with Gasteiger partial charge in [-0.2, -0.15) is 18.2 Å². The van der Waals surface area contributed by atoms with Crippen LogP contribution in [0.2, 0.25) is 0 Å². The summed E-state index contributed by atoms with van der Waals surface area (Å²) in [6.07, 6.45) is -1.00. The second-order valence-corrected chi connectivity index (χ2v) is 20.7. The van der Waals surface area contributed by atoms with Gasteiger partial charge in [0.1, 0.15) is 40.4 Å². The number of alkyl carbamates (subject to hydrolysis) is 1. The van der Waals surface area contributed by atoms with E-state index in [0.717, 1.165) is 37.8 Å². The summed E-state index contributed by atoms with van der Waals surface area (Å²) in [7, 11) is -4.05. The highest BCUT2D eigenvalue weighted by atomic mass is 32.2. The third kappa shape index (κ3) is 9.15. The molecule has 19 heteroatoms. The number of benzene rings is 2. The molecule has 2 saturated heterocycles. The molecular formula is C44H51F3N6O9S. The second-order valence-electron chi connectivity index (χ2n) is 18.5. The van der Waals surface area contributed by atoms with Crippen molar-refractivity contribution in [3.05, 3.63) is 54.1 Å². The molecule has 0 unspecified atom stereocenters. The maximum Gasteiger partial charge on any atom is 0.416 e. The summed E-state index contributed by atoms with van der Waals surface area (Å²) in [5, 5.41) is 6.18. The van der Waals surface area contributed by atoms with Gasteiger partial charge in [0.2, 0.25) is 27.4 Å². The average molecular weight is 897 g/mol. The minimum atomic E-state index is -4.57. The molecule has 338 valence electrons. The summed E-state index contributed by atoms with van der Waals surface area (Å²) in [6, 6.07) is 8.95. The van der Waals surface area contributed by atoms with Crippen molar-refractivity contribution < 1.29 is 54.7 Å². The van der Waals surface area contributed by atoms with Crippen molar-refractivity contribution in [2.75, 3.05) is 6.54 Å². The molecule has 2 aliphatic heterocycles. The summed E-state index contributed by atoms with van der Waals surface area (Å²) < 4.78 is 86.3. The number of aromatic nitrogens is 2. The molecule has 15 nitrogen and oxygen atoms in total. The molecule has 2 aliphatic carbocycles. The number of hydrogen-bond donors (Lipinski definition) is 3. The number of sulfonamides is 1. The lowest BCUT2D eigenvalue weighted by Gasteiger charge is -2.30. The van der Waals surface area contributed by atoms with Gasteiger partial charge in [0, 0.05) is 17.4 Å².